The molecule has 0 aliphatic carbocycles. The van der Waals surface area contributed by atoms with Gasteiger partial charge in [-0.1, -0.05) is 0 Å². The van der Waals surface area contributed by atoms with Crippen LogP contribution in [0.1, 0.15) is 150 Å². The van der Waals surface area contributed by atoms with E-state index in [1.165, 1.54) is 135 Å². The van der Waals surface area contributed by atoms with Gasteiger partial charge in [-0.2, -0.15) is 0 Å². The van der Waals surface area contributed by atoms with Crippen LogP contribution in [0.3, 0.4) is 0 Å². The summed E-state index contributed by atoms with van der Waals surface area (Å²) in [4.78, 5) is 0. The molecule has 0 saturated heterocycles. The second-order valence-corrected chi connectivity index (χ2v) is 21.4. The van der Waals surface area contributed by atoms with Crippen molar-refractivity contribution < 1.29 is 3.07 Å². The normalized spacial score (nSPS) is 12.0. The molecular formula is C27H58OSn. The minimum absolute atomic E-state index is 1.09. The van der Waals surface area contributed by atoms with Gasteiger partial charge >= 0.3 is 191 Å². The van der Waals surface area contributed by atoms with E-state index in [1.54, 1.807) is 0 Å². The molecule has 29 heavy (non-hydrogen) atoms. The van der Waals surface area contributed by atoms with Gasteiger partial charge in [-0.05, 0) is 0 Å². The van der Waals surface area contributed by atoms with Crippen LogP contribution in [0.5, 0.6) is 0 Å². The molecule has 0 unspecified atom stereocenters. The molecule has 0 aliphatic heterocycles. The topological polar surface area (TPSA) is 9.23 Å². The molecule has 0 saturated carbocycles. The van der Waals surface area contributed by atoms with Gasteiger partial charge in [0.15, 0.2) is 0 Å². The molecule has 0 heterocycles. The van der Waals surface area contributed by atoms with Crippen LogP contribution in [-0.4, -0.2) is 25.4 Å². The second-order valence-electron chi connectivity index (χ2n) is 9.58. The molecule has 0 radical (unpaired) electrons. The fraction of sp³-hybridized carbons (Fsp3) is 1.00. The van der Waals surface area contributed by atoms with Crippen LogP contribution >= 0.6 is 0 Å². The van der Waals surface area contributed by atoms with E-state index in [1.807, 2.05) is 0 Å². The molecule has 0 N–H and O–H groups in total. The summed E-state index contributed by atoms with van der Waals surface area (Å²) in [6.45, 7) is 10.4. The summed E-state index contributed by atoms with van der Waals surface area (Å²) in [5, 5.41) is 0. The molecule has 0 bridgehead atoms. The van der Waals surface area contributed by atoms with Crippen LogP contribution < -0.4 is 0 Å². The van der Waals surface area contributed by atoms with Crippen molar-refractivity contribution in [3.05, 3.63) is 0 Å². The molecule has 0 aromatic rings. The number of hydrogen-bond donors (Lipinski definition) is 0. The van der Waals surface area contributed by atoms with E-state index in [9.17, 15) is 0 Å². The molecule has 0 spiro atoms. The first-order valence-electron chi connectivity index (χ1n) is 13.9. The number of rotatable bonds is 24. The predicted molar refractivity (Wildman–Crippen MR) is 137 cm³/mol. The zero-order valence-electron chi connectivity index (χ0n) is 21.2. The Hall–Kier alpha value is 0.759. The van der Waals surface area contributed by atoms with Gasteiger partial charge in [0.25, 0.3) is 0 Å². The number of hydrogen-bond acceptors (Lipinski definition) is 1. The molecule has 2 heteroatoms. The third-order valence-electron chi connectivity index (χ3n) is 6.61. The Bertz CT molecular complexity index is 264. The van der Waals surface area contributed by atoms with Crippen LogP contribution in [0.2, 0.25) is 13.3 Å². The first-order valence-corrected chi connectivity index (χ1v) is 21.1. The van der Waals surface area contributed by atoms with Gasteiger partial charge < -0.3 is 0 Å². The third kappa shape index (κ3) is 19.2. The number of unbranched alkanes of at least 4 members (excludes halogenated alkanes) is 15. The van der Waals surface area contributed by atoms with E-state index in [4.69, 9.17) is 3.07 Å². The van der Waals surface area contributed by atoms with E-state index in [-0.39, 0.29) is 0 Å². The van der Waals surface area contributed by atoms with Gasteiger partial charge in [0.2, 0.25) is 0 Å². The third-order valence-corrected chi connectivity index (χ3v) is 19.8. The van der Waals surface area contributed by atoms with Gasteiger partial charge in [0, 0.05) is 0 Å². The average Bonchev–Trinajstić information content (AvgIpc) is 2.74. The van der Waals surface area contributed by atoms with Crippen LogP contribution in [0.15, 0.2) is 0 Å². The van der Waals surface area contributed by atoms with Crippen molar-refractivity contribution in [3.8, 4) is 0 Å². The molecular weight excluding hydrogens is 459 g/mol. The maximum absolute atomic E-state index is 6.98. The van der Waals surface area contributed by atoms with E-state index in [0.717, 1.165) is 6.61 Å². The van der Waals surface area contributed by atoms with E-state index >= 15 is 0 Å². The first-order chi connectivity index (χ1) is 14.2. The molecule has 1 nitrogen and oxygen atoms in total. The molecule has 0 fully saturated rings. The van der Waals surface area contributed by atoms with Crippen molar-refractivity contribution in [2.24, 2.45) is 0 Å². The summed E-state index contributed by atoms with van der Waals surface area (Å²) >= 11 is -2.40. The molecule has 0 atom stereocenters. The monoisotopic (exact) mass is 518 g/mol. The van der Waals surface area contributed by atoms with Crippen molar-refractivity contribution in [2.45, 2.75) is 163 Å². The van der Waals surface area contributed by atoms with Gasteiger partial charge in [-0.25, -0.2) is 0 Å². The van der Waals surface area contributed by atoms with Gasteiger partial charge in [0.1, 0.15) is 0 Å². The summed E-state index contributed by atoms with van der Waals surface area (Å²) in [7, 11) is 0. The van der Waals surface area contributed by atoms with Crippen LogP contribution in [0, 0.1) is 0 Å². The summed E-state index contributed by atoms with van der Waals surface area (Å²) in [5.41, 5.74) is 0. The molecule has 0 amide bonds. The summed E-state index contributed by atoms with van der Waals surface area (Å²) < 4.78 is 11.5. The van der Waals surface area contributed by atoms with Crippen LogP contribution in [0.25, 0.3) is 0 Å². The zero-order valence-corrected chi connectivity index (χ0v) is 24.0. The molecule has 176 valence electrons. The Labute approximate surface area is 191 Å². The maximum atomic E-state index is 6.98. The van der Waals surface area contributed by atoms with Gasteiger partial charge in [-0.15, -0.1) is 0 Å². The van der Waals surface area contributed by atoms with E-state index in [2.05, 4.69) is 27.7 Å². The summed E-state index contributed by atoms with van der Waals surface area (Å²) in [6.07, 6.45) is 26.9. The Morgan fingerprint density at radius 3 is 1.17 bits per heavy atom. The molecule has 0 rings (SSSR count). The van der Waals surface area contributed by atoms with Crippen LogP contribution in [0.4, 0.5) is 0 Å². The van der Waals surface area contributed by atoms with Crippen molar-refractivity contribution in [3.63, 3.8) is 0 Å². The predicted octanol–water partition coefficient (Wildman–Crippen LogP) is 10.4. The first kappa shape index (κ1) is 29.8. The molecule has 0 aromatic carbocycles. The fourth-order valence-corrected chi connectivity index (χ4v) is 17.5. The average molecular weight is 517 g/mol. The summed E-state index contributed by atoms with van der Waals surface area (Å²) in [6, 6.07) is 0. The van der Waals surface area contributed by atoms with Crippen molar-refractivity contribution in [2.75, 3.05) is 6.61 Å². The quantitative estimate of drug-likeness (QED) is 0.0914. The van der Waals surface area contributed by atoms with Gasteiger partial charge in [0.05, 0.1) is 0 Å². The Kier molecular flexibility index (Phi) is 24.0. The van der Waals surface area contributed by atoms with Crippen molar-refractivity contribution >= 4 is 18.8 Å². The van der Waals surface area contributed by atoms with E-state index < -0.39 is 18.8 Å². The van der Waals surface area contributed by atoms with Gasteiger partial charge in [-0.3, -0.25) is 0 Å². The zero-order chi connectivity index (χ0) is 21.5. The molecule has 0 aliphatic rings. The Morgan fingerprint density at radius 2 is 0.724 bits per heavy atom. The fourth-order valence-electron chi connectivity index (χ4n) is 4.54. The van der Waals surface area contributed by atoms with E-state index in [0.29, 0.717) is 0 Å². The SMILES string of the molecule is CCCCCCC[CH2][Sn]([CH2]CCC)([CH2]CCCCCCC)[O]CCCCCCC. The van der Waals surface area contributed by atoms with Crippen LogP contribution in [-0.2, 0) is 3.07 Å². The Morgan fingerprint density at radius 1 is 0.379 bits per heavy atom. The minimum atomic E-state index is -2.40. The molecule has 0 aromatic heterocycles. The second kappa shape index (κ2) is 23.4. The van der Waals surface area contributed by atoms with Crippen molar-refractivity contribution in [1.29, 1.82) is 0 Å². The van der Waals surface area contributed by atoms with Crippen molar-refractivity contribution in [1.82, 2.24) is 0 Å². The Balaban J connectivity index is 4.52. The summed E-state index contributed by atoms with van der Waals surface area (Å²) in [5.74, 6) is 0. The standard InChI is InChI=1S/2C8H17.C7H15O.C4H9.Sn/c2*1-3-5-7-8-6-4-2;1-2-3-4-5-6-7-8;1-3-4-2;/h2*1,3-8H2,2H3;2-7H2,1H3;1,3-4H2,2H3;/q;;-1;;+1.